The highest BCUT2D eigenvalue weighted by atomic mass is 32.2. The Balaban J connectivity index is 2.01. The maximum Gasteiger partial charge on any atom is 0.124 e. The molecule has 3 unspecified atom stereocenters. The quantitative estimate of drug-likeness (QED) is 0.737. The molecule has 3 nitrogen and oxygen atoms in total. The first-order chi connectivity index (χ1) is 7.86. The van der Waals surface area contributed by atoms with Gasteiger partial charge in [-0.25, -0.2) is 0 Å². The van der Waals surface area contributed by atoms with Gasteiger partial charge in [0.05, 0.1) is 11.3 Å². The Labute approximate surface area is 97.6 Å². The average molecular weight is 237 g/mol. The highest BCUT2D eigenvalue weighted by Gasteiger charge is 2.35. The second kappa shape index (κ2) is 4.18. The third-order valence-electron chi connectivity index (χ3n) is 3.25. The van der Waals surface area contributed by atoms with E-state index in [4.69, 9.17) is 4.74 Å². The van der Waals surface area contributed by atoms with Crippen LogP contribution in [-0.4, -0.2) is 28.4 Å². The monoisotopic (exact) mass is 237 g/mol. The molecule has 0 amide bonds. The van der Waals surface area contributed by atoms with Crippen LogP contribution in [0.2, 0.25) is 0 Å². The number of rotatable bonds is 0. The molecule has 1 aromatic rings. The van der Waals surface area contributed by atoms with Crippen LogP contribution in [0.5, 0.6) is 5.75 Å². The van der Waals surface area contributed by atoms with Gasteiger partial charge in [0, 0.05) is 22.1 Å². The van der Waals surface area contributed by atoms with Crippen LogP contribution in [-0.2, 0) is 10.8 Å². The van der Waals surface area contributed by atoms with Gasteiger partial charge < -0.3 is 10.1 Å². The van der Waals surface area contributed by atoms with Gasteiger partial charge in [-0.15, -0.1) is 0 Å². The number of ether oxygens (including phenoxy) is 1. The lowest BCUT2D eigenvalue weighted by atomic mass is 10.0. The van der Waals surface area contributed by atoms with Crippen molar-refractivity contribution in [2.24, 2.45) is 0 Å². The van der Waals surface area contributed by atoms with E-state index in [1.807, 2.05) is 18.2 Å². The molecule has 0 aliphatic carbocycles. The molecular formula is C12H15NO2S. The van der Waals surface area contributed by atoms with E-state index in [2.05, 4.69) is 11.4 Å². The van der Waals surface area contributed by atoms with Crippen LogP contribution in [0.1, 0.15) is 18.0 Å². The highest BCUT2D eigenvalue weighted by Crippen LogP contribution is 2.34. The van der Waals surface area contributed by atoms with E-state index in [-0.39, 0.29) is 11.3 Å². The summed E-state index contributed by atoms with van der Waals surface area (Å²) in [5.74, 6) is 1.73. The predicted octanol–water partition coefficient (Wildman–Crippen LogP) is 1.23. The second-order valence-electron chi connectivity index (χ2n) is 4.26. The zero-order valence-electron chi connectivity index (χ0n) is 9.02. The third kappa shape index (κ3) is 1.66. The average Bonchev–Trinajstić information content (AvgIpc) is 2.52. The number of fused-ring (bicyclic) bond motifs is 3. The molecule has 0 aromatic heterocycles. The fourth-order valence-corrected chi connectivity index (χ4v) is 3.93. The number of para-hydroxylation sites is 1. The molecule has 1 fully saturated rings. The molecular weight excluding hydrogens is 222 g/mol. The zero-order valence-corrected chi connectivity index (χ0v) is 9.83. The largest absolute Gasteiger partial charge is 0.492 e. The predicted molar refractivity (Wildman–Crippen MR) is 64.1 cm³/mol. The maximum absolute atomic E-state index is 12.0. The smallest absolute Gasteiger partial charge is 0.124 e. The van der Waals surface area contributed by atoms with Crippen LogP contribution in [0.3, 0.4) is 0 Å². The van der Waals surface area contributed by atoms with Gasteiger partial charge in [-0.05, 0) is 19.0 Å². The van der Waals surface area contributed by atoms with Crippen molar-refractivity contribution in [3.8, 4) is 5.75 Å². The molecule has 86 valence electrons. The molecule has 0 radical (unpaired) electrons. The van der Waals surface area contributed by atoms with Crippen molar-refractivity contribution in [3.05, 3.63) is 29.8 Å². The van der Waals surface area contributed by atoms with E-state index < -0.39 is 10.8 Å². The highest BCUT2D eigenvalue weighted by molar-refractivity contribution is 7.85. The molecule has 0 bridgehead atoms. The van der Waals surface area contributed by atoms with Gasteiger partial charge in [0.1, 0.15) is 12.4 Å². The lowest BCUT2D eigenvalue weighted by molar-refractivity contribution is 0.260. The Hall–Kier alpha value is -0.870. The van der Waals surface area contributed by atoms with E-state index in [1.54, 1.807) is 0 Å². The summed E-state index contributed by atoms with van der Waals surface area (Å²) in [4.78, 5) is 0. The molecule has 0 spiro atoms. The Morgan fingerprint density at radius 2 is 2.25 bits per heavy atom. The minimum Gasteiger partial charge on any atom is -0.492 e. The molecule has 16 heavy (non-hydrogen) atoms. The normalized spacial score (nSPS) is 33.1. The van der Waals surface area contributed by atoms with Crippen molar-refractivity contribution in [1.82, 2.24) is 5.32 Å². The van der Waals surface area contributed by atoms with Crippen molar-refractivity contribution >= 4 is 10.8 Å². The number of nitrogens with one attached hydrogen (secondary N) is 1. The van der Waals surface area contributed by atoms with Crippen LogP contribution in [0, 0.1) is 0 Å². The first kappa shape index (κ1) is 10.3. The van der Waals surface area contributed by atoms with E-state index in [0.29, 0.717) is 6.61 Å². The first-order valence-electron chi connectivity index (χ1n) is 5.68. The Bertz CT molecular complexity index is 421. The van der Waals surface area contributed by atoms with Crippen LogP contribution >= 0.6 is 0 Å². The summed E-state index contributed by atoms with van der Waals surface area (Å²) >= 11 is 0. The second-order valence-corrected chi connectivity index (χ2v) is 6.03. The van der Waals surface area contributed by atoms with Crippen molar-refractivity contribution in [2.45, 2.75) is 17.7 Å². The fraction of sp³-hybridized carbons (Fsp3) is 0.500. The summed E-state index contributed by atoms with van der Waals surface area (Å²) in [5, 5.41) is 3.61. The summed E-state index contributed by atoms with van der Waals surface area (Å²) in [6, 6.07) is 8.25. The van der Waals surface area contributed by atoms with E-state index >= 15 is 0 Å². The topological polar surface area (TPSA) is 38.3 Å². The lowest BCUT2D eigenvalue weighted by Crippen LogP contribution is -2.40. The number of hydrogen-bond acceptors (Lipinski definition) is 3. The number of hydrogen-bond donors (Lipinski definition) is 1. The summed E-state index contributed by atoms with van der Waals surface area (Å²) in [7, 11) is -0.769. The van der Waals surface area contributed by atoms with Crippen molar-refractivity contribution in [2.75, 3.05) is 18.9 Å². The van der Waals surface area contributed by atoms with Gasteiger partial charge in [0.25, 0.3) is 0 Å². The Morgan fingerprint density at radius 3 is 3.19 bits per heavy atom. The first-order valence-corrected chi connectivity index (χ1v) is 7.07. The van der Waals surface area contributed by atoms with Gasteiger partial charge >= 0.3 is 0 Å². The van der Waals surface area contributed by atoms with Crippen molar-refractivity contribution < 1.29 is 8.95 Å². The molecule has 1 N–H and O–H groups in total. The SMILES string of the molecule is O=S1CCCNC2c3ccccc3OCC21. The van der Waals surface area contributed by atoms with Gasteiger partial charge in [-0.2, -0.15) is 0 Å². The molecule has 2 heterocycles. The fourth-order valence-electron chi connectivity index (χ4n) is 2.43. The number of benzene rings is 1. The molecule has 2 aliphatic rings. The molecule has 4 heteroatoms. The van der Waals surface area contributed by atoms with Crippen molar-refractivity contribution in [3.63, 3.8) is 0 Å². The van der Waals surface area contributed by atoms with E-state index in [1.165, 1.54) is 0 Å². The van der Waals surface area contributed by atoms with Gasteiger partial charge in [0.2, 0.25) is 0 Å². The molecule has 3 rings (SSSR count). The molecule has 3 atom stereocenters. The van der Waals surface area contributed by atoms with Crippen LogP contribution < -0.4 is 10.1 Å². The van der Waals surface area contributed by atoms with E-state index in [0.717, 1.165) is 30.0 Å². The van der Waals surface area contributed by atoms with Gasteiger partial charge in [-0.1, -0.05) is 18.2 Å². The van der Waals surface area contributed by atoms with E-state index in [9.17, 15) is 4.21 Å². The third-order valence-corrected chi connectivity index (χ3v) is 5.03. The Morgan fingerprint density at radius 1 is 1.38 bits per heavy atom. The summed E-state index contributed by atoms with van der Waals surface area (Å²) in [5.41, 5.74) is 1.16. The molecule has 1 aromatic carbocycles. The maximum atomic E-state index is 12.0. The van der Waals surface area contributed by atoms with Gasteiger partial charge in [0.15, 0.2) is 0 Å². The van der Waals surface area contributed by atoms with Crippen LogP contribution in [0.25, 0.3) is 0 Å². The molecule has 1 saturated heterocycles. The molecule has 2 aliphatic heterocycles. The zero-order chi connectivity index (χ0) is 11.0. The molecule has 0 saturated carbocycles. The van der Waals surface area contributed by atoms with Crippen molar-refractivity contribution in [1.29, 1.82) is 0 Å². The summed E-state index contributed by atoms with van der Waals surface area (Å²) in [6.45, 7) is 1.52. The van der Waals surface area contributed by atoms with Gasteiger partial charge in [-0.3, -0.25) is 4.21 Å². The summed E-state index contributed by atoms with van der Waals surface area (Å²) < 4.78 is 17.7. The standard InChI is InChI=1S/C12H15NO2S/c14-16-7-3-6-13-12-9-4-1-2-5-10(9)15-8-11(12)16/h1-2,4-5,11-13H,3,6-8H2. The minimum absolute atomic E-state index is 0.109. The summed E-state index contributed by atoms with van der Waals surface area (Å²) in [6.07, 6.45) is 0.988. The van der Waals surface area contributed by atoms with Crippen LogP contribution in [0.15, 0.2) is 24.3 Å². The lowest BCUT2D eigenvalue weighted by Gasteiger charge is -2.31. The van der Waals surface area contributed by atoms with Crippen LogP contribution in [0.4, 0.5) is 0 Å². The Kier molecular flexibility index (Phi) is 2.69. The minimum atomic E-state index is -0.769.